The number of amides is 1. The molecule has 0 spiro atoms. The summed E-state index contributed by atoms with van der Waals surface area (Å²) in [6.07, 6.45) is 2.67. The summed E-state index contributed by atoms with van der Waals surface area (Å²) < 4.78 is 0. The van der Waals surface area contributed by atoms with Crippen LogP contribution in [0.3, 0.4) is 0 Å². The Hall–Kier alpha value is -3.15. The Labute approximate surface area is 187 Å². The number of carbonyl (C=O) groups is 1. The number of aliphatic imine (C=N–C) groups is 1. The summed E-state index contributed by atoms with van der Waals surface area (Å²) in [4.78, 5) is 20.4. The minimum Gasteiger partial charge on any atom is -0.392 e. The van der Waals surface area contributed by atoms with Crippen molar-refractivity contribution >= 4 is 28.9 Å². The van der Waals surface area contributed by atoms with Crippen LogP contribution < -0.4 is 0 Å². The third-order valence-electron chi connectivity index (χ3n) is 5.05. The molecule has 3 aromatic carbocycles. The van der Waals surface area contributed by atoms with Gasteiger partial charge in [-0.3, -0.25) is 14.7 Å². The Balaban J connectivity index is 1.56. The van der Waals surface area contributed by atoms with Gasteiger partial charge in [0.25, 0.3) is 5.91 Å². The number of hydrogen-bond donors (Lipinski definition) is 1. The van der Waals surface area contributed by atoms with Gasteiger partial charge < -0.3 is 5.11 Å². The molecule has 0 atom stereocenters. The fourth-order valence-corrected chi connectivity index (χ4v) is 4.32. The van der Waals surface area contributed by atoms with Crippen molar-refractivity contribution in [3.05, 3.63) is 112 Å². The van der Waals surface area contributed by atoms with Gasteiger partial charge in [0.15, 0.2) is 5.17 Å². The highest BCUT2D eigenvalue weighted by molar-refractivity contribution is 8.18. The maximum Gasteiger partial charge on any atom is 0.266 e. The molecule has 1 fully saturated rings. The van der Waals surface area contributed by atoms with Crippen LogP contribution in [0.25, 0.3) is 6.08 Å². The molecule has 0 aliphatic carbocycles. The summed E-state index contributed by atoms with van der Waals surface area (Å²) in [6.45, 7) is 1.13. The molecule has 1 amide bonds. The van der Waals surface area contributed by atoms with Crippen molar-refractivity contribution in [2.24, 2.45) is 4.99 Å². The first-order valence-corrected chi connectivity index (χ1v) is 11.1. The number of amidine groups is 1. The predicted octanol–water partition coefficient (Wildman–Crippen LogP) is 4.89. The van der Waals surface area contributed by atoms with Gasteiger partial charge in [-0.2, -0.15) is 0 Å². The van der Waals surface area contributed by atoms with Crippen LogP contribution in [0, 0.1) is 0 Å². The van der Waals surface area contributed by atoms with E-state index in [2.05, 4.69) is 12.1 Å². The molecule has 0 aromatic heterocycles. The van der Waals surface area contributed by atoms with E-state index < -0.39 is 0 Å². The Kier molecular flexibility index (Phi) is 6.97. The molecule has 0 radical (unpaired) electrons. The quantitative estimate of drug-likeness (QED) is 0.545. The van der Waals surface area contributed by atoms with Crippen LogP contribution >= 0.6 is 11.8 Å². The summed E-state index contributed by atoms with van der Waals surface area (Å²) in [6, 6.07) is 27.8. The highest BCUT2D eigenvalue weighted by Crippen LogP contribution is 2.33. The highest BCUT2D eigenvalue weighted by atomic mass is 32.2. The number of benzene rings is 3. The fraction of sp³-hybridized carbons (Fsp3) is 0.154. The van der Waals surface area contributed by atoms with Crippen molar-refractivity contribution in [2.45, 2.75) is 19.6 Å². The van der Waals surface area contributed by atoms with Crippen molar-refractivity contribution in [2.75, 3.05) is 6.54 Å². The summed E-state index contributed by atoms with van der Waals surface area (Å²) in [5, 5.41) is 9.97. The van der Waals surface area contributed by atoms with Crippen molar-refractivity contribution in [1.29, 1.82) is 0 Å². The Morgan fingerprint density at radius 1 is 0.839 bits per heavy atom. The molecule has 3 aromatic rings. The van der Waals surface area contributed by atoms with E-state index in [-0.39, 0.29) is 12.5 Å². The molecule has 5 heteroatoms. The predicted molar refractivity (Wildman–Crippen MR) is 127 cm³/mol. The lowest BCUT2D eigenvalue weighted by atomic mass is 10.1. The molecule has 1 N–H and O–H groups in total. The Morgan fingerprint density at radius 2 is 1.48 bits per heavy atom. The molecular weight excluding hydrogens is 404 g/mol. The second-order valence-electron chi connectivity index (χ2n) is 7.29. The minimum atomic E-state index is -0.0148. The number of aliphatic hydroxyl groups is 1. The van der Waals surface area contributed by atoms with Gasteiger partial charge in [-0.1, -0.05) is 84.9 Å². The maximum absolute atomic E-state index is 13.2. The van der Waals surface area contributed by atoms with Crippen LogP contribution in [-0.4, -0.2) is 27.6 Å². The monoisotopic (exact) mass is 428 g/mol. The third-order valence-corrected chi connectivity index (χ3v) is 6.10. The van der Waals surface area contributed by atoms with Crippen molar-refractivity contribution < 1.29 is 9.90 Å². The molecule has 1 saturated heterocycles. The molecule has 1 aliphatic heterocycles. The first-order valence-electron chi connectivity index (χ1n) is 10.3. The van der Waals surface area contributed by atoms with Crippen LogP contribution in [-0.2, 0) is 24.4 Å². The number of aliphatic hydroxyl groups excluding tert-OH is 1. The largest absolute Gasteiger partial charge is 0.392 e. The molecule has 31 heavy (non-hydrogen) atoms. The van der Waals surface area contributed by atoms with Gasteiger partial charge in [0, 0.05) is 6.54 Å². The first kappa shape index (κ1) is 21.1. The lowest BCUT2D eigenvalue weighted by molar-refractivity contribution is -0.122. The number of hydrogen-bond acceptors (Lipinski definition) is 4. The zero-order valence-electron chi connectivity index (χ0n) is 17.1. The molecule has 156 valence electrons. The van der Waals surface area contributed by atoms with Crippen LogP contribution in [0.15, 0.2) is 94.8 Å². The van der Waals surface area contributed by atoms with Gasteiger partial charge in [0.2, 0.25) is 0 Å². The molecule has 0 unspecified atom stereocenters. The molecule has 0 saturated carbocycles. The van der Waals surface area contributed by atoms with Gasteiger partial charge in [-0.15, -0.1) is 0 Å². The zero-order valence-corrected chi connectivity index (χ0v) is 18.0. The van der Waals surface area contributed by atoms with Gasteiger partial charge in [0.05, 0.1) is 18.1 Å². The number of carbonyl (C=O) groups excluding carboxylic acids is 1. The van der Waals surface area contributed by atoms with Gasteiger partial charge in [-0.25, -0.2) is 0 Å². The van der Waals surface area contributed by atoms with Gasteiger partial charge >= 0.3 is 0 Å². The van der Waals surface area contributed by atoms with E-state index in [0.29, 0.717) is 18.0 Å². The maximum atomic E-state index is 13.2. The van der Waals surface area contributed by atoms with Crippen molar-refractivity contribution in [3.63, 3.8) is 0 Å². The summed E-state index contributed by atoms with van der Waals surface area (Å²) in [7, 11) is 0. The lowest BCUT2D eigenvalue weighted by Crippen LogP contribution is -2.31. The smallest absolute Gasteiger partial charge is 0.266 e. The van der Waals surface area contributed by atoms with Crippen LogP contribution in [0.2, 0.25) is 0 Å². The van der Waals surface area contributed by atoms with E-state index >= 15 is 0 Å². The SMILES string of the molecule is O=C1/C(=C/c2ccc(CO)cc2)SC(=NCc2ccccc2)N1CCc1ccccc1. The lowest BCUT2D eigenvalue weighted by Gasteiger charge is -2.15. The second kappa shape index (κ2) is 10.2. The third kappa shape index (κ3) is 5.51. The summed E-state index contributed by atoms with van der Waals surface area (Å²) >= 11 is 1.42. The number of nitrogens with zero attached hydrogens (tertiary/aromatic N) is 2. The first-order chi connectivity index (χ1) is 15.2. The molecule has 4 rings (SSSR count). The second-order valence-corrected chi connectivity index (χ2v) is 8.30. The van der Waals surface area contributed by atoms with Gasteiger partial charge in [-0.05, 0) is 46.5 Å². The van der Waals surface area contributed by atoms with Gasteiger partial charge in [0.1, 0.15) is 0 Å². The molecule has 0 bridgehead atoms. The van der Waals surface area contributed by atoms with Crippen molar-refractivity contribution in [3.8, 4) is 0 Å². The average molecular weight is 429 g/mol. The topological polar surface area (TPSA) is 52.9 Å². The number of thioether (sulfide) groups is 1. The number of rotatable bonds is 7. The van der Waals surface area contributed by atoms with E-state index in [1.807, 2.05) is 78.9 Å². The Bertz CT molecular complexity index is 1080. The van der Waals surface area contributed by atoms with Crippen LogP contribution in [0.5, 0.6) is 0 Å². The van der Waals surface area contributed by atoms with E-state index in [1.165, 1.54) is 17.3 Å². The van der Waals surface area contributed by atoms with E-state index in [4.69, 9.17) is 4.99 Å². The van der Waals surface area contributed by atoms with Crippen molar-refractivity contribution in [1.82, 2.24) is 4.90 Å². The van der Waals surface area contributed by atoms with E-state index in [9.17, 15) is 9.90 Å². The zero-order chi connectivity index (χ0) is 21.5. The van der Waals surface area contributed by atoms with E-state index in [1.54, 1.807) is 4.90 Å². The van der Waals surface area contributed by atoms with Crippen LogP contribution in [0.4, 0.5) is 0 Å². The summed E-state index contributed by atoms with van der Waals surface area (Å²) in [5.74, 6) is -0.0148. The summed E-state index contributed by atoms with van der Waals surface area (Å²) in [5.41, 5.74) is 4.09. The normalized spacial score (nSPS) is 16.4. The minimum absolute atomic E-state index is 0.00802. The van der Waals surface area contributed by atoms with E-state index in [0.717, 1.165) is 28.3 Å². The molecule has 1 heterocycles. The molecule has 4 nitrogen and oxygen atoms in total. The van der Waals surface area contributed by atoms with Crippen LogP contribution in [0.1, 0.15) is 22.3 Å². The fourth-order valence-electron chi connectivity index (χ4n) is 3.32. The highest BCUT2D eigenvalue weighted by Gasteiger charge is 2.32. The Morgan fingerprint density at radius 3 is 2.13 bits per heavy atom. The molecular formula is C26H24N2O2S. The standard InChI is InChI=1S/C26H24N2O2S/c29-19-23-13-11-21(12-14-23)17-24-25(30)28(16-15-20-7-3-1-4-8-20)26(31-24)27-18-22-9-5-2-6-10-22/h1-14,17,29H,15-16,18-19H2/b24-17-,27-26?. The molecule has 1 aliphatic rings. The average Bonchev–Trinajstić information content (AvgIpc) is 3.12.